The summed E-state index contributed by atoms with van der Waals surface area (Å²) in [5.74, 6) is 0.289. The van der Waals surface area contributed by atoms with E-state index in [1.807, 2.05) is 0 Å². The van der Waals surface area contributed by atoms with Crippen molar-refractivity contribution in [3.8, 4) is 11.1 Å². The standard InChI is InChI=1S/C37H33N3/c1-4-12-26(13-5-1)27-20-22-30(23-21-27)36-38-35(29-16-8-3-9-17-29)39-37(40-36)34-25-32-19-11-10-18-31(32)24-33(34)28-14-6-2-7-15-28/h1-23,25,33,35-40H,24H2. The zero-order valence-corrected chi connectivity index (χ0v) is 22.4. The van der Waals surface area contributed by atoms with E-state index in [-0.39, 0.29) is 24.4 Å². The van der Waals surface area contributed by atoms with Crippen LogP contribution in [0.4, 0.5) is 0 Å². The molecule has 1 fully saturated rings. The molecular weight excluding hydrogens is 486 g/mol. The third-order valence-electron chi connectivity index (χ3n) is 8.22. The monoisotopic (exact) mass is 519 g/mol. The van der Waals surface area contributed by atoms with Crippen molar-refractivity contribution in [1.29, 1.82) is 0 Å². The van der Waals surface area contributed by atoms with E-state index < -0.39 is 0 Å². The van der Waals surface area contributed by atoms with E-state index in [1.54, 1.807) is 0 Å². The van der Waals surface area contributed by atoms with Crippen molar-refractivity contribution in [2.45, 2.75) is 30.8 Å². The predicted molar refractivity (Wildman–Crippen MR) is 164 cm³/mol. The number of rotatable bonds is 5. The Balaban J connectivity index is 1.27. The maximum Gasteiger partial charge on any atom is 0.0864 e. The van der Waals surface area contributed by atoms with Crippen molar-refractivity contribution >= 4 is 6.08 Å². The fourth-order valence-corrected chi connectivity index (χ4v) is 6.12. The first kappa shape index (κ1) is 24.7. The van der Waals surface area contributed by atoms with Crippen LogP contribution in [0.15, 0.2) is 145 Å². The zero-order valence-electron chi connectivity index (χ0n) is 22.4. The van der Waals surface area contributed by atoms with Gasteiger partial charge in [-0.3, -0.25) is 16.0 Å². The van der Waals surface area contributed by atoms with Gasteiger partial charge in [0.05, 0.1) is 18.5 Å². The molecule has 7 rings (SSSR count). The minimum absolute atomic E-state index is 0.000688. The van der Waals surface area contributed by atoms with Gasteiger partial charge in [-0.15, -0.1) is 0 Å². The maximum absolute atomic E-state index is 3.94. The van der Waals surface area contributed by atoms with E-state index in [2.05, 4.69) is 162 Å². The van der Waals surface area contributed by atoms with Crippen LogP contribution in [0, 0.1) is 0 Å². The minimum atomic E-state index is -0.0178. The normalized spacial score (nSPS) is 22.2. The Kier molecular flexibility index (Phi) is 6.85. The summed E-state index contributed by atoms with van der Waals surface area (Å²) in [5, 5.41) is 11.7. The molecule has 1 aliphatic heterocycles. The van der Waals surface area contributed by atoms with Gasteiger partial charge in [-0.05, 0) is 50.9 Å². The molecule has 0 saturated carbocycles. The van der Waals surface area contributed by atoms with Crippen molar-refractivity contribution in [2.24, 2.45) is 0 Å². The molecule has 1 heterocycles. The first-order valence-corrected chi connectivity index (χ1v) is 14.1. The minimum Gasteiger partial charge on any atom is -0.279 e. The topological polar surface area (TPSA) is 36.1 Å². The van der Waals surface area contributed by atoms with Gasteiger partial charge in [-0.25, -0.2) is 0 Å². The SMILES string of the molecule is C1=C(C2NC(c3ccccc3)NC(c3ccc(-c4ccccc4)cc3)N2)C(c2ccccc2)Cc2ccccc21. The molecule has 0 spiro atoms. The van der Waals surface area contributed by atoms with E-state index in [0.717, 1.165) is 6.42 Å². The Hall–Kier alpha value is -4.28. The zero-order chi connectivity index (χ0) is 26.7. The van der Waals surface area contributed by atoms with Crippen molar-refractivity contribution in [1.82, 2.24) is 16.0 Å². The lowest BCUT2D eigenvalue weighted by atomic mass is 9.78. The summed E-state index contributed by atoms with van der Waals surface area (Å²) in [6, 6.07) is 50.0. The van der Waals surface area contributed by atoms with Crippen LogP contribution in [0.1, 0.15) is 46.1 Å². The third-order valence-corrected chi connectivity index (χ3v) is 8.22. The molecule has 4 unspecified atom stereocenters. The summed E-state index contributed by atoms with van der Waals surface area (Å²) in [6.07, 6.45) is 3.37. The van der Waals surface area contributed by atoms with E-state index >= 15 is 0 Å². The van der Waals surface area contributed by atoms with Gasteiger partial charge in [0.25, 0.3) is 0 Å². The lowest BCUT2D eigenvalue weighted by Crippen LogP contribution is -2.60. The molecule has 1 aliphatic carbocycles. The van der Waals surface area contributed by atoms with Gasteiger partial charge < -0.3 is 0 Å². The summed E-state index contributed by atoms with van der Waals surface area (Å²) in [5.41, 5.74) is 10.4. The van der Waals surface area contributed by atoms with Crippen LogP contribution in [0.3, 0.4) is 0 Å². The van der Waals surface area contributed by atoms with E-state index in [4.69, 9.17) is 0 Å². The smallest absolute Gasteiger partial charge is 0.0864 e. The molecule has 5 aromatic carbocycles. The van der Waals surface area contributed by atoms with Crippen molar-refractivity contribution in [2.75, 3.05) is 0 Å². The molecule has 2 aliphatic rings. The second kappa shape index (κ2) is 11.1. The summed E-state index contributed by atoms with van der Waals surface area (Å²) in [4.78, 5) is 0. The van der Waals surface area contributed by atoms with Gasteiger partial charge in [0.15, 0.2) is 0 Å². The summed E-state index contributed by atoms with van der Waals surface area (Å²) < 4.78 is 0. The summed E-state index contributed by atoms with van der Waals surface area (Å²) in [7, 11) is 0. The van der Waals surface area contributed by atoms with Crippen molar-refractivity contribution < 1.29 is 0 Å². The van der Waals surface area contributed by atoms with Gasteiger partial charge in [0, 0.05) is 5.92 Å². The van der Waals surface area contributed by atoms with Gasteiger partial charge in [0.2, 0.25) is 0 Å². The molecule has 40 heavy (non-hydrogen) atoms. The van der Waals surface area contributed by atoms with E-state index in [9.17, 15) is 0 Å². The molecule has 0 radical (unpaired) electrons. The predicted octanol–water partition coefficient (Wildman–Crippen LogP) is 7.58. The Morgan fingerprint density at radius 2 is 0.925 bits per heavy atom. The lowest BCUT2D eigenvalue weighted by Gasteiger charge is -2.43. The van der Waals surface area contributed by atoms with Crippen LogP contribution in [0.2, 0.25) is 0 Å². The second-order valence-corrected chi connectivity index (χ2v) is 10.7. The van der Waals surface area contributed by atoms with Crippen molar-refractivity contribution in [3.63, 3.8) is 0 Å². The van der Waals surface area contributed by atoms with Crippen LogP contribution in [-0.2, 0) is 6.42 Å². The number of benzene rings is 5. The number of hydrogen-bond donors (Lipinski definition) is 3. The fraction of sp³-hybridized carbons (Fsp3) is 0.135. The third kappa shape index (κ3) is 5.03. The molecule has 3 heteroatoms. The van der Waals surface area contributed by atoms with Gasteiger partial charge >= 0.3 is 0 Å². The number of hydrogen-bond acceptors (Lipinski definition) is 3. The van der Waals surface area contributed by atoms with Gasteiger partial charge in [-0.2, -0.15) is 0 Å². The first-order valence-electron chi connectivity index (χ1n) is 14.1. The van der Waals surface area contributed by atoms with Crippen molar-refractivity contribution in [3.05, 3.63) is 173 Å². The molecule has 5 aromatic rings. The van der Waals surface area contributed by atoms with Crippen LogP contribution in [-0.4, -0.2) is 6.17 Å². The largest absolute Gasteiger partial charge is 0.279 e. The van der Waals surface area contributed by atoms with Crippen LogP contribution < -0.4 is 16.0 Å². The van der Waals surface area contributed by atoms with Gasteiger partial charge in [-0.1, -0.05) is 146 Å². The quantitative estimate of drug-likeness (QED) is 0.224. The van der Waals surface area contributed by atoms with E-state index in [0.29, 0.717) is 0 Å². The average Bonchev–Trinajstić information content (AvgIpc) is 3.05. The molecule has 0 amide bonds. The van der Waals surface area contributed by atoms with Crippen LogP contribution >= 0.6 is 0 Å². The molecule has 0 aromatic heterocycles. The molecule has 0 bridgehead atoms. The highest BCUT2D eigenvalue weighted by Gasteiger charge is 2.35. The highest BCUT2D eigenvalue weighted by molar-refractivity contribution is 5.65. The summed E-state index contributed by atoms with van der Waals surface area (Å²) >= 11 is 0. The Labute approximate surface area is 236 Å². The lowest BCUT2D eigenvalue weighted by molar-refractivity contribution is 0.218. The molecule has 4 atom stereocenters. The average molecular weight is 520 g/mol. The summed E-state index contributed by atoms with van der Waals surface area (Å²) in [6.45, 7) is 0. The number of fused-ring (bicyclic) bond motifs is 1. The molecule has 196 valence electrons. The highest BCUT2D eigenvalue weighted by Crippen LogP contribution is 2.39. The first-order chi connectivity index (χ1) is 19.8. The molecular formula is C37H33N3. The second-order valence-electron chi connectivity index (χ2n) is 10.7. The molecule has 1 saturated heterocycles. The van der Waals surface area contributed by atoms with E-state index in [1.165, 1.54) is 44.5 Å². The number of nitrogens with one attached hydrogen (secondary N) is 3. The Morgan fingerprint density at radius 3 is 1.60 bits per heavy atom. The maximum atomic E-state index is 3.94. The molecule has 3 nitrogen and oxygen atoms in total. The van der Waals surface area contributed by atoms with Gasteiger partial charge in [0.1, 0.15) is 0 Å². The highest BCUT2D eigenvalue weighted by atomic mass is 15.4. The fourth-order valence-electron chi connectivity index (χ4n) is 6.12. The molecule has 3 N–H and O–H groups in total. The van der Waals surface area contributed by atoms with Crippen LogP contribution in [0.25, 0.3) is 17.2 Å². The Morgan fingerprint density at radius 1 is 0.425 bits per heavy atom. The van der Waals surface area contributed by atoms with Crippen LogP contribution in [0.5, 0.6) is 0 Å². The Bertz CT molecular complexity index is 1590.